The van der Waals surface area contributed by atoms with E-state index in [1.807, 2.05) is 18.2 Å². The minimum absolute atomic E-state index is 1.16. The topological polar surface area (TPSA) is 28.2 Å². The van der Waals surface area contributed by atoms with Crippen LogP contribution in [0, 0.1) is 0 Å². The third-order valence-corrected chi connectivity index (χ3v) is 3.04. The number of pyridine rings is 1. The maximum absolute atomic E-state index is 3.78. The molecular formula is C14H21N3. The van der Waals surface area contributed by atoms with Crippen LogP contribution in [0.1, 0.15) is 32.1 Å². The Hall–Kier alpha value is -1.35. The van der Waals surface area contributed by atoms with Gasteiger partial charge in [0.1, 0.15) is 0 Å². The standard InChI is InChI=1S/C9H16N2.C5H5N/c1-3-7-10-11-8-4-2-6-9(11)5-1;1-2-4-6-5-3-1/h6,10H,1-5,7-8H2;1-5H. The number of hydrogen-bond acceptors (Lipinski definition) is 3. The first-order valence-electron chi connectivity index (χ1n) is 6.52. The van der Waals surface area contributed by atoms with Crippen LogP contribution in [0.25, 0.3) is 0 Å². The smallest absolute Gasteiger partial charge is 0.0343 e. The Morgan fingerprint density at radius 3 is 2.65 bits per heavy atom. The van der Waals surface area contributed by atoms with Gasteiger partial charge in [0.2, 0.25) is 0 Å². The van der Waals surface area contributed by atoms with Gasteiger partial charge in [-0.25, -0.2) is 5.43 Å². The molecule has 3 heterocycles. The second-order valence-electron chi connectivity index (χ2n) is 4.38. The van der Waals surface area contributed by atoms with Crippen molar-refractivity contribution in [1.82, 2.24) is 15.4 Å². The summed E-state index contributed by atoms with van der Waals surface area (Å²) in [5, 5.41) is 2.34. The molecule has 0 atom stereocenters. The first-order chi connectivity index (χ1) is 8.47. The van der Waals surface area contributed by atoms with Gasteiger partial charge in [0, 0.05) is 31.2 Å². The van der Waals surface area contributed by atoms with Crippen LogP contribution in [0.4, 0.5) is 0 Å². The number of allylic oxidation sites excluding steroid dienone is 2. The van der Waals surface area contributed by atoms with E-state index in [2.05, 4.69) is 21.5 Å². The average molecular weight is 231 g/mol. The Bertz CT molecular complexity index is 308. The largest absolute Gasteiger partial charge is 0.313 e. The van der Waals surface area contributed by atoms with Gasteiger partial charge in [-0.3, -0.25) is 4.98 Å². The minimum Gasteiger partial charge on any atom is -0.313 e. The van der Waals surface area contributed by atoms with Crippen molar-refractivity contribution >= 4 is 0 Å². The Morgan fingerprint density at radius 2 is 1.94 bits per heavy atom. The van der Waals surface area contributed by atoms with E-state index >= 15 is 0 Å². The number of hydrogen-bond donors (Lipinski definition) is 1. The third kappa shape index (κ3) is 4.19. The van der Waals surface area contributed by atoms with E-state index in [-0.39, 0.29) is 0 Å². The van der Waals surface area contributed by atoms with Crippen LogP contribution in [-0.2, 0) is 0 Å². The zero-order valence-corrected chi connectivity index (χ0v) is 10.3. The van der Waals surface area contributed by atoms with Gasteiger partial charge in [0.05, 0.1) is 0 Å². The van der Waals surface area contributed by atoms with Gasteiger partial charge < -0.3 is 5.01 Å². The van der Waals surface area contributed by atoms with Crippen molar-refractivity contribution in [2.24, 2.45) is 0 Å². The molecule has 1 saturated heterocycles. The summed E-state index contributed by atoms with van der Waals surface area (Å²) in [6.45, 7) is 2.38. The lowest BCUT2D eigenvalue weighted by Crippen LogP contribution is -2.38. The van der Waals surface area contributed by atoms with E-state index in [4.69, 9.17) is 0 Å². The highest BCUT2D eigenvalue weighted by Crippen LogP contribution is 2.19. The molecule has 3 nitrogen and oxygen atoms in total. The molecule has 2 aliphatic rings. The van der Waals surface area contributed by atoms with Gasteiger partial charge >= 0.3 is 0 Å². The molecule has 3 heteroatoms. The summed E-state index contributed by atoms with van der Waals surface area (Å²) >= 11 is 0. The van der Waals surface area contributed by atoms with Crippen molar-refractivity contribution in [1.29, 1.82) is 0 Å². The van der Waals surface area contributed by atoms with Crippen LogP contribution in [-0.4, -0.2) is 23.1 Å². The molecule has 3 rings (SSSR count). The Morgan fingerprint density at radius 1 is 1.06 bits per heavy atom. The molecule has 1 aromatic rings. The molecule has 0 unspecified atom stereocenters. The second-order valence-corrected chi connectivity index (χ2v) is 4.38. The fourth-order valence-corrected chi connectivity index (χ4v) is 2.15. The lowest BCUT2D eigenvalue weighted by atomic mass is 10.1. The molecule has 1 fully saturated rings. The molecule has 1 N–H and O–H groups in total. The lowest BCUT2D eigenvalue weighted by Gasteiger charge is -2.28. The number of nitrogens with zero attached hydrogens (tertiary/aromatic N) is 2. The van der Waals surface area contributed by atoms with E-state index in [0.717, 1.165) is 6.54 Å². The molecular weight excluding hydrogens is 210 g/mol. The highest BCUT2D eigenvalue weighted by Gasteiger charge is 2.14. The van der Waals surface area contributed by atoms with Gasteiger partial charge in [0.15, 0.2) is 0 Å². The number of rotatable bonds is 0. The van der Waals surface area contributed by atoms with Crippen LogP contribution in [0.3, 0.4) is 0 Å². The number of fused-ring (bicyclic) bond motifs is 1. The van der Waals surface area contributed by atoms with Gasteiger partial charge in [-0.05, 0) is 44.2 Å². The molecule has 17 heavy (non-hydrogen) atoms. The van der Waals surface area contributed by atoms with E-state index in [0.29, 0.717) is 0 Å². The van der Waals surface area contributed by atoms with Crippen molar-refractivity contribution in [2.45, 2.75) is 32.1 Å². The summed E-state index contributed by atoms with van der Waals surface area (Å²) < 4.78 is 0. The summed E-state index contributed by atoms with van der Waals surface area (Å²) in [7, 11) is 0. The summed E-state index contributed by atoms with van der Waals surface area (Å²) in [5.41, 5.74) is 4.98. The predicted molar refractivity (Wildman–Crippen MR) is 70.1 cm³/mol. The first-order valence-corrected chi connectivity index (χ1v) is 6.52. The molecule has 2 aliphatic heterocycles. The maximum atomic E-state index is 3.78. The monoisotopic (exact) mass is 231 g/mol. The molecule has 0 aromatic carbocycles. The molecule has 0 aliphatic carbocycles. The molecule has 1 aromatic heterocycles. The van der Waals surface area contributed by atoms with Gasteiger partial charge in [-0.1, -0.05) is 12.1 Å². The van der Waals surface area contributed by atoms with E-state index in [9.17, 15) is 0 Å². The fraction of sp³-hybridized carbons (Fsp3) is 0.500. The highest BCUT2D eigenvalue weighted by atomic mass is 15.5. The Kier molecular flexibility index (Phi) is 5.04. The van der Waals surface area contributed by atoms with Crippen molar-refractivity contribution in [2.75, 3.05) is 13.1 Å². The number of nitrogens with one attached hydrogen (secondary N) is 1. The van der Waals surface area contributed by atoms with Crippen LogP contribution >= 0.6 is 0 Å². The lowest BCUT2D eigenvalue weighted by molar-refractivity contribution is 0.237. The van der Waals surface area contributed by atoms with Gasteiger partial charge in [-0.15, -0.1) is 0 Å². The number of hydrazine groups is 1. The third-order valence-electron chi connectivity index (χ3n) is 3.04. The van der Waals surface area contributed by atoms with Gasteiger partial charge in [0.25, 0.3) is 0 Å². The van der Waals surface area contributed by atoms with E-state index < -0.39 is 0 Å². The van der Waals surface area contributed by atoms with Crippen molar-refractivity contribution in [3.63, 3.8) is 0 Å². The summed E-state index contributed by atoms with van der Waals surface area (Å²) in [6.07, 6.45) is 12.5. The quantitative estimate of drug-likeness (QED) is 0.744. The molecule has 0 radical (unpaired) electrons. The van der Waals surface area contributed by atoms with Crippen LogP contribution in [0.5, 0.6) is 0 Å². The molecule has 0 spiro atoms. The van der Waals surface area contributed by atoms with Gasteiger partial charge in [-0.2, -0.15) is 0 Å². The van der Waals surface area contributed by atoms with Crippen LogP contribution in [0.2, 0.25) is 0 Å². The normalized spacial score (nSPS) is 19.3. The van der Waals surface area contributed by atoms with Crippen molar-refractivity contribution in [3.8, 4) is 0 Å². The second kappa shape index (κ2) is 7.07. The Labute approximate surface area is 104 Å². The van der Waals surface area contributed by atoms with E-state index in [1.54, 1.807) is 12.4 Å². The predicted octanol–water partition coefficient (Wildman–Crippen LogP) is 2.74. The SMILES string of the molecule is C1=C2CCCCNN2CCC1.c1ccncc1. The molecule has 0 saturated carbocycles. The van der Waals surface area contributed by atoms with Crippen molar-refractivity contribution in [3.05, 3.63) is 42.4 Å². The highest BCUT2D eigenvalue weighted by molar-refractivity contribution is 5.04. The molecule has 92 valence electrons. The first kappa shape index (κ1) is 12.1. The summed E-state index contributed by atoms with van der Waals surface area (Å²) in [4.78, 5) is 3.78. The average Bonchev–Trinajstić information content (AvgIpc) is 2.66. The maximum Gasteiger partial charge on any atom is 0.0343 e. The summed E-state index contributed by atoms with van der Waals surface area (Å²) in [5.74, 6) is 0. The number of aromatic nitrogens is 1. The van der Waals surface area contributed by atoms with E-state index in [1.165, 1.54) is 44.3 Å². The van der Waals surface area contributed by atoms with Crippen molar-refractivity contribution < 1.29 is 0 Å². The summed E-state index contributed by atoms with van der Waals surface area (Å²) in [6, 6.07) is 5.72. The van der Waals surface area contributed by atoms with Crippen LogP contribution in [0.15, 0.2) is 42.4 Å². The minimum atomic E-state index is 1.16. The zero-order valence-electron chi connectivity index (χ0n) is 10.3. The molecule has 0 bridgehead atoms. The molecule has 0 amide bonds. The fourth-order valence-electron chi connectivity index (χ4n) is 2.15. The van der Waals surface area contributed by atoms with Crippen LogP contribution < -0.4 is 5.43 Å². The zero-order chi connectivity index (χ0) is 11.8. The Balaban J connectivity index is 0.000000153.